The van der Waals surface area contributed by atoms with Crippen molar-refractivity contribution in [3.8, 4) is 0 Å². The van der Waals surface area contributed by atoms with Crippen LogP contribution in [0.5, 0.6) is 0 Å². The zero-order valence-corrected chi connectivity index (χ0v) is 14.8. The lowest BCUT2D eigenvalue weighted by Gasteiger charge is -2.23. The van der Waals surface area contributed by atoms with Crippen LogP contribution in [0.4, 0.5) is 0 Å². The van der Waals surface area contributed by atoms with Gasteiger partial charge < -0.3 is 13.4 Å². The summed E-state index contributed by atoms with van der Waals surface area (Å²) in [5, 5.41) is 0. The maximum atomic E-state index is 10.2. The first kappa shape index (κ1) is 16.5. The molecule has 98 valence electrons. The molecule has 0 aromatic heterocycles. The van der Waals surface area contributed by atoms with E-state index >= 15 is 0 Å². The Hall–Kier alpha value is -0.466. The Morgan fingerprint density at radius 1 is 1.24 bits per heavy atom. The molecule has 0 aliphatic rings. The highest BCUT2D eigenvalue weighted by Crippen LogP contribution is 2.05. The Kier molecular flexibility index (Phi) is 8.36. The van der Waals surface area contributed by atoms with Crippen LogP contribution in [0.1, 0.15) is 12.5 Å². The summed E-state index contributed by atoms with van der Waals surface area (Å²) in [6.45, 7) is 2.97. The number of quaternary nitrogens is 1. The normalized spacial score (nSPS) is 12.8. The van der Waals surface area contributed by atoms with Gasteiger partial charge in [-0.2, -0.15) is 0 Å². The van der Waals surface area contributed by atoms with Gasteiger partial charge in [0.15, 0.2) is 0 Å². The number of rotatable bonds is 4. The van der Waals surface area contributed by atoms with Gasteiger partial charge in [-0.1, -0.05) is 43.3 Å². The molecule has 0 N–H and O–H groups in total. The van der Waals surface area contributed by atoms with E-state index in [1.165, 1.54) is 5.56 Å². The largest absolute Gasteiger partial charge is 0.841 e. The SMILES string of the molecule is CC[SiH]([O-])O[SiH3].C[N+](C)(C)Cc1ccccc1. The quantitative estimate of drug-likeness (QED) is 0.560. The van der Waals surface area contributed by atoms with Crippen LogP contribution >= 0.6 is 0 Å². The van der Waals surface area contributed by atoms with Crippen LogP contribution in [-0.4, -0.2) is 45.4 Å². The van der Waals surface area contributed by atoms with Gasteiger partial charge >= 0.3 is 0 Å². The molecule has 0 heterocycles. The molecular formula is C12H25NO2Si2. The highest BCUT2D eigenvalue weighted by atomic mass is 28.3. The van der Waals surface area contributed by atoms with Gasteiger partial charge in [-0.3, -0.25) is 0 Å². The van der Waals surface area contributed by atoms with Crippen LogP contribution in [0.3, 0.4) is 0 Å². The van der Waals surface area contributed by atoms with E-state index in [2.05, 4.69) is 55.6 Å². The molecule has 0 amide bonds. The van der Waals surface area contributed by atoms with Gasteiger partial charge in [0, 0.05) is 5.56 Å². The van der Waals surface area contributed by atoms with Gasteiger partial charge in [0.05, 0.1) is 30.4 Å². The molecule has 5 heteroatoms. The van der Waals surface area contributed by atoms with E-state index < -0.39 is 9.28 Å². The minimum atomic E-state index is -1.85. The van der Waals surface area contributed by atoms with Gasteiger partial charge in [0.2, 0.25) is 0 Å². The van der Waals surface area contributed by atoms with Crippen molar-refractivity contribution in [1.82, 2.24) is 0 Å². The van der Waals surface area contributed by atoms with Crippen LogP contribution in [0.2, 0.25) is 6.04 Å². The Morgan fingerprint density at radius 2 is 1.76 bits per heavy atom. The summed E-state index contributed by atoms with van der Waals surface area (Å²) < 4.78 is 5.61. The average Bonchev–Trinajstić information content (AvgIpc) is 2.28. The zero-order valence-electron chi connectivity index (χ0n) is 11.6. The third kappa shape index (κ3) is 10.4. The topological polar surface area (TPSA) is 32.3 Å². The van der Waals surface area contributed by atoms with Crippen molar-refractivity contribution in [3.63, 3.8) is 0 Å². The number of nitrogens with zero attached hydrogens (tertiary/aromatic N) is 1. The molecule has 0 saturated heterocycles. The molecule has 0 bridgehead atoms. The first-order chi connectivity index (χ1) is 7.89. The molecule has 1 rings (SSSR count). The fourth-order valence-electron chi connectivity index (χ4n) is 1.30. The molecule has 0 saturated carbocycles. The Labute approximate surface area is 110 Å². The molecule has 0 aliphatic heterocycles. The number of hydrogen-bond acceptors (Lipinski definition) is 2. The Morgan fingerprint density at radius 3 is 2.06 bits per heavy atom. The second-order valence-corrected chi connectivity index (χ2v) is 8.57. The predicted octanol–water partition coefficient (Wildman–Crippen LogP) is -0.223. The average molecular weight is 272 g/mol. The first-order valence-electron chi connectivity index (χ1n) is 5.92. The smallest absolute Gasteiger partial charge is 0.128 e. The summed E-state index contributed by atoms with van der Waals surface area (Å²) in [6.07, 6.45) is 0. The molecule has 17 heavy (non-hydrogen) atoms. The summed E-state index contributed by atoms with van der Waals surface area (Å²) in [4.78, 5) is 10.2. The van der Waals surface area contributed by atoms with E-state index in [-0.39, 0.29) is 0 Å². The van der Waals surface area contributed by atoms with E-state index in [9.17, 15) is 4.80 Å². The zero-order chi connectivity index (χ0) is 13.3. The standard InChI is InChI=1S/C10H16N.C2H9O2Si2/c1-11(2,3)9-10-7-5-4-6-8-10;1-2-6(3)4-5/h4-8H,9H2,1-3H3;6H,2H2,1,5H3/q+1;-1. The van der Waals surface area contributed by atoms with Crippen LogP contribution in [-0.2, 0) is 10.7 Å². The summed E-state index contributed by atoms with van der Waals surface area (Å²) in [7, 11) is 5.39. The van der Waals surface area contributed by atoms with Crippen LogP contribution in [0.25, 0.3) is 0 Å². The fourth-order valence-corrected chi connectivity index (χ4v) is 2.63. The highest BCUT2D eigenvalue weighted by molar-refractivity contribution is 6.45. The Balaban J connectivity index is 0.000000366. The van der Waals surface area contributed by atoms with Gasteiger partial charge in [0.25, 0.3) is 0 Å². The number of benzene rings is 1. The molecule has 1 unspecified atom stereocenters. The van der Waals surface area contributed by atoms with Gasteiger partial charge in [0.1, 0.15) is 17.0 Å². The van der Waals surface area contributed by atoms with Crippen molar-refractivity contribution in [2.45, 2.75) is 19.5 Å². The summed E-state index contributed by atoms with van der Waals surface area (Å²) in [5.74, 6) is 0. The molecule has 0 aliphatic carbocycles. The summed E-state index contributed by atoms with van der Waals surface area (Å²) in [5.41, 5.74) is 1.40. The molecule has 1 aromatic carbocycles. The number of hydrogen-bond donors (Lipinski definition) is 0. The molecule has 1 atom stereocenters. The summed E-state index contributed by atoms with van der Waals surface area (Å²) in [6, 6.07) is 11.3. The van der Waals surface area contributed by atoms with E-state index in [0.29, 0.717) is 10.5 Å². The molecule has 1 aromatic rings. The van der Waals surface area contributed by atoms with Crippen molar-refractivity contribution < 1.29 is 13.4 Å². The third-order valence-corrected chi connectivity index (χ3v) is 4.87. The molecule has 0 fully saturated rings. The van der Waals surface area contributed by atoms with E-state index in [0.717, 1.165) is 17.1 Å². The van der Waals surface area contributed by atoms with Crippen molar-refractivity contribution in [2.75, 3.05) is 21.1 Å². The van der Waals surface area contributed by atoms with Crippen molar-refractivity contribution in [2.24, 2.45) is 0 Å². The third-order valence-electron chi connectivity index (χ3n) is 2.10. The molecule has 0 radical (unpaired) electrons. The monoisotopic (exact) mass is 271 g/mol. The molecule has 0 spiro atoms. The van der Waals surface area contributed by atoms with Crippen LogP contribution in [0.15, 0.2) is 30.3 Å². The maximum absolute atomic E-state index is 10.2. The predicted molar refractivity (Wildman–Crippen MR) is 76.8 cm³/mol. The van der Waals surface area contributed by atoms with Gasteiger partial charge in [-0.25, -0.2) is 0 Å². The van der Waals surface area contributed by atoms with E-state index in [4.69, 9.17) is 0 Å². The highest BCUT2D eigenvalue weighted by Gasteiger charge is 2.06. The van der Waals surface area contributed by atoms with Crippen LogP contribution < -0.4 is 4.80 Å². The lowest BCUT2D eigenvalue weighted by Crippen LogP contribution is -2.33. The lowest BCUT2D eigenvalue weighted by atomic mass is 10.2. The van der Waals surface area contributed by atoms with Crippen molar-refractivity contribution in [1.29, 1.82) is 0 Å². The van der Waals surface area contributed by atoms with Crippen molar-refractivity contribution >= 4 is 19.8 Å². The second-order valence-electron chi connectivity index (χ2n) is 5.01. The van der Waals surface area contributed by atoms with Crippen molar-refractivity contribution in [3.05, 3.63) is 35.9 Å². The minimum Gasteiger partial charge on any atom is -0.841 e. The fraction of sp³-hybridized carbons (Fsp3) is 0.500. The van der Waals surface area contributed by atoms with Gasteiger partial charge in [-0.15, -0.1) is 0 Å². The lowest BCUT2D eigenvalue weighted by molar-refractivity contribution is -0.884. The minimum absolute atomic E-state index is 0.632. The maximum Gasteiger partial charge on any atom is 0.128 e. The van der Waals surface area contributed by atoms with E-state index in [1.54, 1.807) is 0 Å². The van der Waals surface area contributed by atoms with E-state index in [1.807, 2.05) is 6.92 Å². The summed E-state index contributed by atoms with van der Waals surface area (Å²) >= 11 is 0. The van der Waals surface area contributed by atoms with Crippen LogP contribution in [0, 0.1) is 0 Å². The molecule has 3 nitrogen and oxygen atoms in total. The Bertz CT molecular complexity index is 284. The molecular weight excluding hydrogens is 246 g/mol. The second kappa shape index (κ2) is 8.60. The first-order valence-corrected chi connectivity index (χ1v) is 8.49. The van der Waals surface area contributed by atoms with Gasteiger partial charge in [-0.05, 0) is 0 Å².